The van der Waals surface area contributed by atoms with Gasteiger partial charge in [-0.2, -0.15) is 9.78 Å². The van der Waals surface area contributed by atoms with Crippen molar-refractivity contribution in [3.05, 3.63) is 122 Å². The highest BCUT2D eigenvalue weighted by Gasteiger charge is 2.16. The lowest BCUT2D eigenvalue weighted by Gasteiger charge is -2.12. The maximum Gasteiger partial charge on any atom is 0.282 e. The van der Waals surface area contributed by atoms with Crippen molar-refractivity contribution in [1.82, 2.24) is 14.2 Å². The van der Waals surface area contributed by atoms with Gasteiger partial charge in [0.1, 0.15) is 5.82 Å². The second kappa shape index (κ2) is 9.69. The molecule has 0 N–H and O–H groups in total. The van der Waals surface area contributed by atoms with Crippen molar-refractivity contribution in [2.24, 2.45) is 5.10 Å². The molecule has 6 heteroatoms. The smallest absolute Gasteiger partial charge is 0.282 e. The summed E-state index contributed by atoms with van der Waals surface area (Å²) < 4.78 is 4.62. The zero-order chi connectivity index (χ0) is 26.4. The molecule has 0 fully saturated rings. The summed E-state index contributed by atoms with van der Waals surface area (Å²) in [5, 5.41) is 8.87. The fraction of sp³-hybridized carbons (Fsp3) is 0.156. The van der Waals surface area contributed by atoms with Gasteiger partial charge in [0.15, 0.2) is 0 Å². The molecule has 2 aromatic heterocycles. The number of halogens is 1. The highest BCUT2D eigenvalue weighted by Crippen LogP contribution is 2.28. The van der Waals surface area contributed by atoms with Crippen molar-refractivity contribution in [1.29, 1.82) is 0 Å². The van der Waals surface area contributed by atoms with Crippen molar-refractivity contribution in [2.75, 3.05) is 0 Å². The molecule has 2 heterocycles. The van der Waals surface area contributed by atoms with Crippen LogP contribution in [0.4, 0.5) is 0 Å². The number of nitrogens with zero attached hydrogens (tertiary/aromatic N) is 4. The molecule has 0 spiro atoms. The monoisotopic (exact) mass is 562 g/mol. The van der Waals surface area contributed by atoms with Gasteiger partial charge in [0.25, 0.3) is 5.56 Å². The number of hydrogen-bond acceptors (Lipinski definition) is 3. The van der Waals surface area contributed by atoms with Crippen LogP contribution in [0.2, 0.25) is 0 Å². The van der Waals surface area contributed by atoms with E-state index in [1.54, 1.807) is 0 Å². The largest absolute Gasteiger partial charge is 0.340 e. The summed E-state index contributed by atoms with van der Waals surface area (Å²) >= 11 is 3.48. The molecule has 5 nitrogen and oxygen atoms in total. The van der Waals surface area contributed by atoms with E-state index in [2.05, 4.69) is 88.1 Å². The maximum atomic E-state index is 13.5. The lowest BCUT2D eigenvalue weighted by Crippen LogP contribution is -2.23. The molecule has 0 amide bonds. The molecule has 0 saturated carbocycles. The predicted octanol–water partition coefficient (Wildman–Crippen LogP) is 7.63. The predicted molar refractivity (Wildman–Crippen MR) is 161 cm³/mol. The van der Waals surface area contributed by atoms with Gasteiger partial charge in [-0.1, -0.05) is 90.4 Å². The zero-order valence-electron chi connectivity index (χ0n) is 21.5. The fourth-order valence-electron chi connectivity index (χ4n) is 5.19. The van der Waals surface area contributed by atoms with E-state index in [1.807, 2.05) is 44.3 Å². The Morgan fingerprint density at radius 2 is 1.66 bits per heavy atom. The van der Waals surface area contributed by atoms with E-state index in [1.165, 1.54) is 21.0 Å². The zero-order valence-corrected chi connectivity index (χ0v) is 23.1. The number of benzene rings is 4. The second-order valence-electron chi connectivity index (χ2n) is 9.89. The molecule has 0 radical (unpaired) electrons. The van der Waals surface area contributed by atoms with E-state index in [-0.39, 0.29) is 11.5 Å². The van der Waals surface area contributed by atoms with Crippen molar-refractivity contribution in [3.63, 3.8) is 0 Å². The van der Waals surface area contributed by atoms with Gasteiger partial charge in [0, 0.05) is 39.1 Å². The third-order valence-electron chi connectivity index (χ3n) is 7.14. The summed E-state index contributed by atoms with van der Waals surface area (Å²) in [6, 6.07) is 28.9. The number of hydrogen-bond donors (Lipinski definition) is 0. The van der Waals surface area contributed by atoms with Gasteiger partial charge in [-0.05, 0) is 47.5 Å². The van der Waals surface area contributed by atoms with Crippen LogP contribution >= 0.6 is 15.9 Å². The Labute approximate surface area is 229 Å². The molecule has 0 atom stereocenters. The molecule has 0 aliphatic heterocycles. The van der Waals surface area contributed by atoms with Crippen LogP contribution in [-0.4, -0.2) is 20.4 Å². The topological polar surface area (TPSA) is 52.2 Å². The molecule has 38 heavy (non-hydrogen) atoms. The first kappa shape index (κ1) is 24.3. The Hall–Kier alpha value is -4.03. The minimum atomic E-state index is -0.173. The van der Waals surface area contributed by atoms with E-state index in [0.29, 0.717) is 16.7 Å². The highest BCUT2D eigenvalue weighted by molar-refractivity contribution is 9.10. The van der Waals surface area contributed by atoms with Crippen LogP contribution in [0.15, 0.2) is 99.3 Å². The molecule has 6 rings (SSSR count). The van der Waals surface area contributed by atoms with E-state index < -0.39 is 0 Å². The molecule has 0 aliphatic carbocycles. The molecule has 0 unspecified atom stereocenters. The van der Waals surface area contributed by atoms with Crippen molar-refractivity contribution in [3.8, 4) is 0 Å². The van der Waals surface area contributed by atoms with Gasteiger partial charge < -0.3 is 4.57 Å². The second-order valence-corrected chi connectivity index (χ2v) is 10.8. The van der Waals surface area contributed by atoms with Gasteiger partial charge in [0.05, 0.1) is 17.1 Å². The Bertz CT molecular complexity index is 1930. The van der Waals surface area contributed by atoms with Crippen LogP contribution in [0.25, 0.3) is 32.6 Å². The van der Waals surface area contributed by atoms with Crippen molar-refractivity contribution >= 4 is 54.7 Å². The molecular formula is C32H27BrN4O. The van der Waals surface area contributed by atoms with E-state index in [9.17, 15) is 4.79 Å². The third kappa shape index (κ3) is 4.15. The molecule has 0 bridgehead atoms. The Kier molecular flexibility index (Phi) is 6.20. The summed E-state index contributed by atoms with van der Waals surface area (Å²) in [6.45, 7) is 6.91. The molecule has 0 saturated heterocycles. The summed E-state index contributed by atoms with van der Waals surface area (Å²) in [4.78, 5) is 18.3. The molecule has 0 aliphatic rings. The Morgan fingerprint density at radius 1 is 0.921 bits per heavy atom. The number of para-hydroxylation sites is 1. The summed E-state index contributed by atoms with van der Waals surface area (Å²) in [5.41, 5.74) is 4.99. The summed E-state index contributed by atoms with van der Waals surface area (Å²) in [5.74, 6) is 0.667. The lowest BCUT2D eigenvalue weighted by atomic mass is 10.0. The van der Waals surface area contributed by atoms with Crippen LogP contribution in [-0.2, 0) is 6.54 Å². The Balaban J connectivity index is 1.50. The third-order valence-corrected chi connectivity index (χ3v) is 7.63. The van der Waals surface area contributed by atoms with Crippen molar-refractivity contribution in [2.45, 2.75) is 33.2 Å². The van der Waals surface area contributed by atoms with E-state index in [0.717, 1.165) is 33.2 Å². The Morgan fingerprint density at radius 3 is 2.47 bits per heavy atom. The minimum Gasteiger partial charge on any atom is -0.340 e. The van der Waals surface area contributed by atoms with Gasteiger partial charge in [-0.15, -0.1) is 0 Å². The summed E-state index contributed by atoms with van der Waals surface area (Å²) in [6.07, 6.45) is 1.82. The van der Waals surface area contributed by atoms with Gasteiger partial charge >= 0.3 is 0 Å². The maximum absolute atomic E-state index is 13.5. The molecular weight excluding hydrogens is 536 g/mol. The number of rotatable bonds is 5. The van der Waals surface area contributed by atoms with Crippen molar-refractivity contribution < 1.29 is 0 Å². The normalized spacial score (nSPS) is 12.0. The summed E-state index contributed by atoms with van der Waals surface area (Å²) in [7, 11) is 0. The van der Waals surface area contributed by atoms with Crippen LogP contribution < -0.4 is 5.56 Å². The standard InChI is InChI=1S/C32H27BrN4O/c1-20(2)31-35-29-16-15-24(33)17-27(29)32(38)37(31)34-18-28-21(3)36(30-14-7-6-13-26(28)30)19-23-11-8-10-22-9-4-5-12-25(22)23/h4-18,20H,19H2,1-3H3. The van der Waals surface area contributed by atoms with Crippen LogP contribution in [0.3, 0.4) is 0 Å². The van der Waals surface area contributed by atoms with E-state index >= 15 is 0 Å². The number of fused-ring (bicyclic) bond motifs is 3. The van der Waals surface area contributed by atoms with Gasteiger partial charge in [0.2, 0.25) is 0 Å². The van der Waals surface area contributed by atoms with Crippen LogP contribution in [0, 0.1) is 6.92 Å². The SMILES string of the molecule is Cc1c(C=Nn2c(C(C)C)nc3ccc(Br)cc3c2=O)c2ccccc2n1Cc1cccc2ccccc12. The van der Waals surface area contributed by atoms with E-state index in [4.69, 9.17) is 10.1 Å². The average molecular weight is 563 g/mol. The average Bonchev–Trinajstić information content (AvgIpc) is 3.19. The molecule has 188 valence electrons. The van der Waals surface area contributed by atoms with Crippen LogP contribution in [0.5, 0.6) is 0 Å². The number of aromatic nitrogens is 3. The quantitative estimate of drug-likeness (QED) is 0.203. The fourth-order valence-corrected chi connectivity index (χ4v) is 5.55. The first-order valence-corrected chi connectivity index (χ1v) is 13.5. The highest BCUT2D eigenvalue weighted by atomic mass is 79.9. The van der Waals surface area contributed by atoms with Gasteiger partial charge in [-0.3, -0.25) is 4.79 Å². The lowest BCUT2D eigenvalue weighted by molar-refractivity contribution is 0.665. The first-order chi connectivity index (χ1) is 18.4. The van der Waals surface area contributed by atoms with Gasteiger partial charge in [-0.25, -0.2) is 4.98 Å². The molecule has 4 aromatic carbocycles. The molecule has 6 aromatic rings. The first-order valence-electron chi connectivity index (χ1n) is 12.7. The van der Waals surface area contributed by atoms with Crippen LogP contribution in [0.1, 0.15) is 42.4 Å². The minimum absolute atomic E-state index is 0.0293.